The highest BCUT2D eigenvalue weighted by Crippen LogP contribution is 2.28. The fourth-order valence-electron chi connectivity index (χ4n) is 1.66. The minimum atomic E-state index is -0.288. The molecular weight excluding hydrogens is 327 g/mol. The standard InChI is InChI=1S/C15H14BrFO3/c1-18-12-6-13(19-2)8-14(7-12)20-9-10-3-4-11(17)5-15(10)16/h3-8H,9H2,1-2H3. The zero-order chi connectivity index (χ0) is 14.5. The van der Waals surface area contributed by atoms with Crippen LogP contribution in [0, 0.1) is 5.82 Å². The van der Waals surface area contributed by atoms with Gasteiger partial charge < -0.3 is 14.2 Å². The lowest BCUT2D eigenvalue weighted by molar-refractivity contribution is 0.299. The van der Waals surface area contributed by atoms with Crippen molar-refractivity contribution in [2.24, 2.45) is 0 Å². The Bertz CT molecular complexity index is 579. The molecule has 0 heterocycles. The lowest BCUT2D eigenvalue weighted by Crippen LogP contribution is -1.98. The number of ether oxygens (including phenoxy) is 3. The van der Waals surface area contributed by atoms with Gasteiger partial charge in [0.2, 0.25) is 0 Å². The molecule has 0 N–H and O–H groups in total. The Kier molecular flexibility index (Phi) is 4.84. The van der Waals surface area contributed by atoms with Crippen LogP contribution in [0.2, 0.25) is 0 Å². The minimum Gasteiger partial charge on any atom is -0.496 e. The van der Waals surface area contributed by atoms with Gasteiger partial charge in [-0.1, -0.05) is 22.0 Å². The molecule has 2 aromatic carbocycles. The first kappa shape index (κ1) is 14.7. The Hall–Kier alpha value is -1.75. The van der Waals surface area contributed by atoms with Gasteiger partial charge in [0.15, 0.2) is 0 Å². The number of halogens is 2. The normalized spacial score (nSPS) is 10.2. The summed E-state index contributed by atoms with van der Waals surface area (Å²) in [5.41, 5.74) is 0.855. The zero-order valence-corrected chi connectivity index (χ0v) is 12.7. The van der Waals surface area contributed by atoms with E-state index in [9.17, 15) is 4.39 Å². The summed E-state index contributed by atoms with van der Waals surface area (Å²) >= 11 is 3.31. The van der Waals surface area contributed by atoms with Crippen molar-refractivity contribution in [3.8, 4) is 17.2 Å². The average Bonchev–Trinajstić information content (AvgIpc) is 2.46. The summed E-state index contributed by atoms with van der Waals surface area (Å²) in [4.78, 5) is 0. The highest BCUT2D eigenvalue weighted by molar-refractivity contribution is 9.10. The van der Waals surface area contributed by atoms with Crippen LogP contribution in [-0.2, 0) is 6.61 Å². The fraction of sp³-hybridized carbons (Fsp3) is 0.200. The maximum absolute atomic E-state index is 13.0. The predicted molar refractivity (Wildman–Crippen MR) is 78.0 cm³/mol. The number of rotatable bonds is 5. The van der Waals surface area contributed by atoms with Crippen LogP contribution in [0.15, 0.2) is 40.9 Å². The Balaban J connectivity index is 2.13. The zero-order valence-electron chi connectivity index (χ0n) is 11.2. The van der Waals surface area contributed by atoms with E-state index in [4.69, 9.17) is 14.2 Å². The monoisotopic (exact) mass is 340 g/mol. The van der Waals surface area contributed by atoms with Crippen LogP contribution in [0.3, 0.4) is 0 Å². The molecule has 5 heteroatoms. The van der Waals surface area contributed by atoms with Crippen LogP contribution >= 0.6 is 15.9 Å². The van der Waals surface area contributed by atoms with Gasteiger partial charge in [0.05, 0.1) is 14.2 Å². The molecule has 0 aromatic heterocycles. The summed E-state index contributed by atoms with van der Waals surface area (Å²) < 4.78 is 29.7. The smallest absolute Gasteiger partial charge is 0.127 e. The second-order valence-corrected chi connectivity index (χ2v) is 4.93. The van der Waals surface area contributed by atoms with E-state index in [-0.39, 0.29) is 5.82 Å². The highest BCUT2D eigenvalue weighted by atomic mass is 79.9. The molecule has 0 aliphatic heterocycles. The molecule has 0 aliphatic carbocycles. The molecule has 3 nitrogen and oxygen atoms in total. The third-order valence-electron chi connectivity index (χ3n) is 2.73. The SMILES string of the molecule is COc1cc(OC)cc(OCc2ccc(F)cc2Br)c1. The van der Waals surface area contributed by atoms with Gasteiger partial charge in [-0.2, -0.15) is 0 Å². The summed E-state index contributed by atoms with van der Waals surface area (Å²) in [6, 6.07) is 9.78. The lowest BCUT2D eigenvalue weighted by Gasteiger charge is -2.11. The molecule has 2 aromatic rings. The Morgan fingerprint density at radius 3 is 2.10 bits per heavy atom. The van der Waals surface area contributed by atoms with E-state index in [1.807, 2.05) is 0 Å². The maximum atomic E-state index is 13.0. The Labute approximate surface area is 125 Å². The maximum Gasteiger partial charge on any atom is 0.127 e. The van der Waals surface area contributed by atoms with Crippen LogP contribution in [0.25, 0.3) is 0 Å². The predicted octanol–water partition coefficient (Wildman–Crippen LogP) is 4.18. The van der Waals surface area contributed by atoms with Gasteiger partial charge >= 0.3 is 0 Å². The first-order valence-electron chi connectivity index (χ1n) is 5.92. The second-order valence-electron chi connectivity index (χ2n) is 4.07. The fourth-order valence-corrected chi connectivity index (χ4v) is 2.13. The third-order valence-corrected chi connectivity index (χ3v) is 3.47. The first-order valence-corrected chi connectivity index (χ1v) is 6.71. The van der Waals surface area contributed by atoms with Gasteiger partial charge in [-0.15, -0.1) is 0 Å². The van der Waals surface area contributed by atoms with E-state index >= 15 is 0 Å². The van der Waals surface area contributed by atoms with Crippen LogP contribution in [-0.4, -0.2) is 14.2 Å². The molecule has 0 atom stereocenters. The Morgan fingerprint density at radius 2 is 1.55 bits per heavy atom. The summed E-state index contributed by atoms with van der Waals surface area (Å²) in [5, 5.41) is 0. The molecule has 0 fully saturated rings. The van der Waals surface area contributed by atoms with Crippen molar-refractivity contribution in [2.75, 3.05) is 14.2 Å². The molecule has 106 valence electrons. The van der Waals surface area contributed by atoms with Crippen LogP contribution < -0.4 is 14.2 Å². The molecule has 0 amide bonds. The molecule has 0 bridgehead atoms. The van der Waals surface area contributed by atoms with Crippen molar-refractivity contribution >= 4 is 15.9 Å². The van der Waals surface area contributed by atoms with E-state index in [1.54, 1.807) is 38.5 Å². The van der Waals surface area contributed by atoms with Crippen molar-refractivity contribution in [3.05, 3.63) is 52.3 Å². The van der Waals surface area contributed by atoms with Crippen LogP contribution in [0.5, 0.6) is 17.2 Å². The quantitative estimate of drug-likeness (QED) is 0.816. The lowest BCUT2D eigenvalue weighted by atomic mass is 10.2. The number of methoxy groups -OCH3 is 2. The molecule has 20 heavy (non-hydrogen) atoms. The molecule has 0 aliphatic rings. The summed E-state index contributed by atoms with van der Waals surface area (Å²) in [5.74, 6) is 1.64. The first-order chi connectivity index (χ1) is 9.62. The minimum absolute atomic E-state index is 0.288. The van der Waals surface area contributed by atoms with Crippen LogP contribution in [0.4, 0.5) is 4.39 Å². The highest BCUT2D eigenvalue weighted by Gasteiger charge is 2.06. The van der Waals surface area contributed by atoms with Gasteiger partial charge in [-0.3, -0.25) is 0 Å². The van der Waals surface area contributed by atoms with Gasteiger partial charge in [-0.25, -0.2) is 4.39 Å². The summed E-state index contributed by atoms with van der Waals surface area (Å²) in [7, 11) is 3.16. The van der Waals surface area contributed by atoms with Crippen molar-refractivity contribution in [1.82, 2.24) is 0 Å². The number of hydrogen-bond acceptors (Lipinski definition) is 3. The number of hydrogen-bond donors (Lipinski definition) is 0. The van der Waals surface area contributed by atoms with Crippen molar-refractivity contribution in [2.45, 2.75) is 6.61 Å². The van der Waals surface area contributed by atoms with E-state index in [0.29, 0.717) is 28.3 Å². The van der Waals surface area contributed by atoms with Gasteiger partial charge in [0.1, 0.15) is 29.7 Å². The van der Waals surface area contributed by atoms with Gasteiger partial charge in [0.25, 0.3) is 0 Å². The Morgan fingerprint density at radius 1 is 0.950 bits per heavy atom. The van der Waals surface area contributed by atoms with Crippen LogP contribution in [0.1, 0.15) is 5.56 Å². The van der Waals surface area contributed by atoms with E-state index in [0.717, 1.165) is 5.56 Å². The topological polar surface area (TPSA) is 27.7 Å². The molecule has 0 radical (unpaired) electrons. The third kappa shape index (κ3) is 3.63. The molecular formula is C15H14BrFO3. The molecule has 0 spiro atoms. The largest absolute Gasteiger partial charge is 0.496 e. The van der Waals surface area contributed by atoms with Gasteiger partial charge in [-0.05, 0) is 12.1 Å². The molecule has 2 rings (SSSR count). The molecule has 0 saturated heterocycles. The number of benzene rings is 2. The van der Waals surface area contributed by atoms with Gasteiger partial charge in [0, 0.05) is 28.2 Å². The second kappa shape index (κ2) is 6.61. The van der Waals surface area contributed by atoms with Crippen molar-refractivity contribution in [3.63, 3.8) is 0 Å². The molecule has 0 unspecified atom stereocenters. The molecule has 0 saturated carbocycles. The summed E-state index contributed by atoms with van der Waals surface area (Å²) in [6.45, 7) is 0.317. The van der Waals surface area contributed by atoms with Crippen molar-refractivity contribution < 1.29 is 18.6 Å². The average molecular weight is 341 g/mol. The summed E-state index contributed by atoms with van der Waals surface area (Å²) in [6.07, 6.45) is 0. The van der Waals surface area contributed by atoms with Crippen molar-refractivity contribution in [1.29, 1.82) is 0 Å². The van der Waals surface area contributed by atoms with E-state index < -0.39 is 0 Å². The van der Waals surface area contributed by atoms with E-state index in [1.165, 1.54) is 12.1 Å². The van der Waals surface area contributed by atoms with E-state index in [2.05, 4.69) is 15.9 Å².